The summed E-state index contributed by atoms with van der Waals surface area (Å²) in [4.78, 5) is 26.3. The van der Waals surface area contributed by atoms with Crippen molar-refractivity contribution >= 4 is 12.0 Å². The molecule has 1 heterocycles. The highest BCUT2D eigenvalue weighted by Crippen LogP contribution is 2.16. The van der Waals surface area contributed by atoms with Crippen molar-refractivity contribution in [2.24, 2.45) is 5.92 Å². The van der Waals surface area contributed by atoms with Crippen molar-refractivity contribution < 1.29 is 14.7 Å². The Labute approximate surface area is 108 Å². The van der Waals surface area contributed by atoms with Gasteiger partial charge < -0.3 is 20.2 Å². The zero-order chi connectivity index (χ0) is 13.9. The van der Waals surface area contributed by atoms with Crippen molar-refractivity contribution in [3.63, 3.8) is 0 Å². The largest absolute Gasteiger partial charge is 0.481 e. The first-order chi connectivity index (χ1) is 8.24. The maximum Gasteiger partial charge on any atom is 0.317 e. The van der Waals surface area contributed by atoms with Crippen LogP contribution in [0.5, 0.6) is 0 Å². The van der Waals surface area contributed by atoms with Crippen LogP contribution in [0.3, 0.4) is 0 Å². The Morgan fingerprint density at radius 2 is 2.06 bits per heavy atom. The van der Waals surface area contributed by atoms with E-state index in [1.807, 2.05) is 32.8 Å². The van der Waals surface area contributed by atoms with Gasteiger partial charge in [0.2, 0.25) is 0 Å². The van der Waals surface area contributed by atoms with Crippen LogP contribution in [0.2, 0.25) is 0 Å². The number of carboxylic acid groups (broad SMARTS) is 1. The summed E-state index contributed by atoms with van der Waals surface area (Å²) in [6, 6.07) is -0.173. The number of aliphatic carboxylic acids is 1. The number of hydrogen-bond donors (Lipinski definition) is 2. The lowest BCUT2D eigenvalue weighted by atomic mass is 10.0. The van der Waals surface area contributed by atoms with Gasteiger partial charge in [-0.15, -0.1) is 0 Å². The van der Waals surface area contributed by atoms with Crippen LogP contribution in [-0.2, 0) is 4.79 Å². The molecule has 2 amide bonds. The van der Waals surface area contributed by atoms with E-state index in [1.54, 1.807) is 4.90 Å². The second-order valence-electron chi connectivity index (χ2n) is 5.64. The summed E-state index contributed by atoms with van der Waals surface area (Å²) >= 11 is 0. The molecule has 0 aromatic rings. The van der Waals surface area contributed by atoms with Crippen molar-refractivity contribution in [1.82, 2.24) is 15.1 Å². The highest BCUT2D eigenvalue weighted by molar-refractivity contribution is 5.77. The molecule has 1 rings (SSSR count). The van der Waals surface area contributed by atoms with Crippen molar-refractivity contribution in [2.45, 2.75) is 25.8 Å². The van der Waals surface area contributed by atoms with Gasteiger partial charge in [0, 0.05) is 25.2 Å². The van der Waals surface area contributed by atoms with E-state index in [2.05, 4.69) is 5.32 Å². The molecule has 1 aliphatic heterocycles. The van der Waals surface area contributed by atoms with Gasteiger partial charge in [0.1, 0.15) is 0 Å². The average molecular weight is 257 g/mol. The molecule has 0 bridgehead atoms. The molecule has 0 aliphatic carbocycles. The standard InChI is InChI=1S/C12H23N3O3/c1-12(2,14(3)4)8-13-11(18)15-6-5-9(7-15)10(16)17/h9H,5-8H2,1-4H3,(H,13,18)(H,16,17). The molecule has 1 fully saturated rings. The van der Waals surface area contributed by atoms with Gasteiger partial charge in [0.05, 0.1) is 5.92 Å². The van der Waals surface area contributed by atoms with Crippen LogP contribution in [0.1, 0.15) is 20.3 Å². The molecule has 1 unspecified atom stereocenters. The molecular formula is C12H23N3O3. The first-order valence-corrected chi connectivity index (χ1v) is 6.17. The lowest BCUT2D eigenvalue weighted by molar-refractivity contribution is -0.141. The molecule has 0 saturated carbocycles. The summed E-state index contributed by atoms with van der Waals surface area (Å²) in [5.41, 5.74) is -0.123. The van der Waals surface area contributed by atoms with Crippen molar-refractivity contribution in [1.29, 1.82) is 0 Å². The van der Waals surface area contributed by atoms with Crippen LogP contribution in [0.4, 0.5) is 4.79 Å². The number of amides is 2. The van der Waals surface area contributed by atoms with Gasteiger partial charge in [-0.05, 0) is 34.4 Å². The number of hydrogen-bond acceptors (Lipinski definition) is 3. The van der Waals surface area contributed by atoms with Crippen molar-refractivity contribution in [2.75, 3.05) is 33.7 Å². The number of nitrogens with one attached hydrogen (secondary N) is 1. The van der Waals surface area contributed by atoms with Gasteiger partial charge in [-0.1, -0.05) is 0 Å². The van der Waals surface area contributed by atoms with Gasteiger partial charge in [-0.25, -0.2) is 4.79 Å². The quantitative estimate of drug-likeness (QED) is 0.766. The van der Waals surface area contributed by atoms with Gasteiger partial charge in [-0.2, -0.15) is 0 Å². The number of carbonyl (C=O) groups excluding carboxylic acids is 1. The number of likely N-dealkylation sites (tertiary alicyclic amines) is 1. The van der Waals surface area contributed by atoms with Crippen LogP contribution in [-0.4, -0.2) is 66.2 Å². The number of rotatable bonds is 4. The van der Waals surface area contributed by atoms with Crippen LogP contribution >= 0.6 is 0 Å². The Balaban J connectivity index is 2.41. The summed E-state index contributed by atoms with van der Waals surface area (Å²) in [7, 11) is 3.92. The van der Waals surface area contributed by atoms with E-state index in [4.69, 9.17) is 5.11 Å². The molecule has 6 heteroatoms. The van der Waals surface area contributed by atoms with Crippen LogP contribution in [0.25, 0.3) is 0 Å². The minimum Gasteiger partial charge on any atom is -0.481 e. The number of likely N-dealkylation sites (N-methyl/N-ethyl adjacent to an activating group) is 1. The molecule has 104 valence electrons. The third kappa shape index (κ3) is 3.60. The predicted octanol–water partition coefficient (Wildman–Crippen LogP) is 0.443. The van der Waals surface area contributed by atoms with Crippen LogP contribution in [0.15, 0.2) is 0 Å². The molecule has 0 aromatic heterocycles. The lowest BCUT2D eigenvalue weighted by Crippen LogP contribution is -2.50. The van der Waals surface area contributed by atoms with Gasteiger partial charge in [-0.3, -0.25) is 4.79 Å². The van der Waals surface area contributed by atoms with E-state index >= 15 is 0 Å². The summed E-state index contributed by atoms with van der Waals surface area (Å²) in [6.45, 7) is 5.44. The Bertz CT molecular complexity index is 329. The summed E-state index contributed by atoms with van der Waals surface area (Å²) in [6.07, 6.45) is 0.541. The molecular weight excluding hydrogens is 234 g/mol. The van der Waals surface area contributed by atoms with Crippen LogP contribution in [0, 0.1) is 5.92 Å². The van der Waals surface area contributed by atoms with E-state index < -0.39 is 11.9 Å². The van der Waals surface area contributed by atoms with E-state index in [1.165, 1.54) is 0 Å². The number of urea groups is 1. The molecule has 2 N–H and O–H groups in total. The third-order valence-electron chi connectivity index (χ3n) is 3.71. The maximum absolute atomic E-state index is 11.9. The summed E-state index contributed by atoms with van der Waals surface area (Å²) in [5.74, 6) is -1.24. The molecule has 1 aliphatic rings. The predicted molar refractivity (Wildman–Crippen MR) is 68.5 cm³/mol. The van der Waals surface area contributed by atoms with Crippen LogP contribution < -0.4 is 5.32 Å². The van der Waals surface area contributed by atoms with E-state index in [0.717, 1.165) is 0 Å². The minimum absolute atomic E-state index is 0.123. The SMILES string of the molecule is CN(C)C(C)(C)CNC(=O)N1CCC(C(=O)O)C1. The van der Waals surface area contributed by atoms with E-state index in [-0.39, 0.29) is 11.6 Å². The Hall–Kier alpha value is -1.30. The summed E-state index contributed by atoms with van der Waals surface area (Å²) < 4.78 is 0. The number of nitrogens with zero attached hydrogens (tertiary/aromatic N) is 2. The molecule has 1 atom stereocenters. The molecule has 0 spiro atoms. The summed E-state index contributed by atoms with van der Waals surface area (Å²) in [5, 5.41) is 11.7. The monoisotopic (exact) mass is 257 g/mol. The first kappa shape index (κ1) is 14.8. The zero-order valence-electron chi connectivity index (χ0n) is 11.6. The Morgan fingerprint density at radius 3 is 2.50 bits per heavy atom. The fourth-order valence-corrected chi connectivity index (χ4v) is 1.71. The Morgan fingerprint density at radius 1 is 1.44 bits per heavy atom. The lowest BCUT2D eigenvalue weighted by Gasteiger charge is -2.33. The fraction of sp³-hybridized carbons (Fsp3) is 0.833. The van der Waals surface area contributed by atoms with Crippen molar-refractivity contribution in [3.05, 3.63) is 0 Å². The molecule has 0 radical (unpaired) electrons. The topological polar surface area (TPSA) is 72.9 Å². The maximum atomic E-state index is 11.9. The highest BCUT2D eigenvalue weighted by Gasteiger charge is 2.31. The Kier molecular flexibility index (Phi) is 4.56. The molecule has 0 aromatic carbocycles. The first-order valence-electron chi connectivity index (χ1n) is 6.17. The zero-order valence-corrected chi connectivity index (χ0v) is 11.6. The minimum atomic E-state index is -0.820. The number of carboxylic acids is 1. The molecule has 18 heavy (non-hydrogen) atoms. The van der Waals surface area contributed by atoms with E-state index in [9.17, 15) is 9.59 Å². The second kappa shape index (κ2) is 5.56. The normalized spacial score (nSPS) is 20.3. The molecule has 6 nitrogen and oxygen atoms in total. The second-order valence-corrected chi connectivity index (χ2v) is 5.64. The van der Waals surface area contributed by atoms with Crippen molar-refractivity contribution in [3.8, 4) is 0 Å². The van der Waals surface area contributed by atoms with E-state index in [0.29, 0.717) is 26.1 Å². The smallest absolute Gasteiger partial charge is 0.317 e. The fourth-order valence-electron chi connectivity index (χ4n) is 1.71. The number of carbonyl (C=O) groups is 2. The van der Waals surface area contributed by atoms with Gasteiger partial charge >= 0.3 is 12.0 Å². The highest BCUT2D eigenvalue weighted by atomic mass is 16.4. The van der Waals surface area contributed by atoms with Gasteiger partial charge in [0.25, 0.3) is 0 Å². The van der Waals surface area contributed by atoms with Gasteiger partial charge in [0.15, 0.2) is 0 Å². The molecule has 1 saturated heterocycles. The third-order valence-corrected chi connectivity index (χ3v) is 3.71. The average Bonchev–Trinajstić information content (AvgIpc) is 2.75.